The average Bonchev–Trinajstić information content (AvgIpc) is 3.52. The van der Waals surface area contributed by atoms with E-state index in [1.165, 1.54) is 14.0 Å². The highest BCUT2D eigenvalue weighted by molar-refractivity contribution is 7.99. The number of ether oxygens (including phenoxy) is 5. The number of hydrogen-bond donors (Lipinski definition) is 3. The van der Waals surface area contributed by atoms with Crippen LogP contribution >= 0.6 is 11.8 Å². The van der Waals surface area contributed by atoms with Gasteiger partial charge in [0, 0.05) is 41.0 Å². The molecular formula is C32H34F3N3O10S. The quantitative estimate of drug-likeness (QED) is 0.316. The van der Waals surface area contributed by atoms with Gasteiger partial charge in [-0.25, -0.2) is 4.79 Å². The number of aliphatic hydroxyl groups is 1. The molecule has 0 aromatic heterocycles. The Kier molecular flexibility index (Phi) is 8.11. The van der Waals surface area contributed by atoms with Crippen LogP contribution in [0.5, 0.6) is 28.7 Å². The number of aliphatic hydroxyl groups excluding tert-OH is 1. The van der Waals surface area contributed by atoms with Crippen molar-refractivity contribution in [2.24, 2.45) is 0 Å². The van der Waals surface area contributed by atoms with Crippen LogP contribution in [0.15, 0.2) is 6.07 Å². The van der Waals surface area contributed by atoms with Crippen molar-refractivity contribution in [2.75, 3.05) is 33.3 Å². The van der Waals surface area contributed by atoms with E-state index in [0.29, 0.717) is 45.7 Å². The fourth-order valence-electron chi connectivity index (χ4n) is 8.12. The van der Waals surface area contributed by atoms with Crippen LogP contribution in [0, 0.1) is 13.8 Å². The molecule has 2 aromatic carbocycles. The number of esters is 2. The van der Waals surface area contributed by atoms with Gasteiger partial charge >= 0.3 is 24.0 Å². The fourth-order valence-corrected chi connectivity index (χ4v) is 9.62. The molecule has 7 rings (SSSR count). The van der Waals surface area contributed by atoms with Gasteiger partial charge in [0.25, 0.3) is 0 Å². The number of fused-ring (bicyclic) bond motifs is 9. The van der Waals surface area contributed by atoms with Gasteiger partial charge in [-0.3, -0.25) is 19.4 Å². The normalized spacial score (nSPS) is 28.9. The second-order valence-electron chi connectivity index (χ2n) is 12.7. The molecule has 5 aliphatic rings. The summed E-state index contributed by atoms with van der Waals surface area (Å²) in [5, 5.41) is 24.9. The van der Waals surface area contributed by atoms with Gasteiger partial charge in [-0.1, -0.05) is 6.07 Å². The molecule has 0 aliphatic carbocycles. The third-order valence-electron chi connectivity index (χ3n) is 10.1. The molecule has 2 fully saturated rings. The highest BCUT2D eigenvalue weighted by Gasteiger charge is 2.60. The molecule has 5 aliphatic heterocycles. The van der Waals surface area contributed by atoms with E-state index in [2.05, 4.69) is 0 Å². The van der Waals surface area contributed by atoms with E-state index in [9.17, 15) is 37.8 Å². The summed E-state index contributed by atoms with van der Waals surface area (Å²) < 4.78 is 68.9. The molecule has 7 atom stereocenters. The number of nitrogens with zero attached hydrogens (tertiary/aromatic N) is 2. The summed E-state index contributed by atoms with van der Waals surface area (Å²) in [7, 11) is 3.26. The van der Waals surface area contributed by atoms with Crippen molar-refractivity contribution in [2.45, 2.75) is 75.1 Å². The Hall–Kier alpha value is -3.93. The minimum Gasteiger partial charge on any atom is -0.504 e. The van der Waals surface area contributed by atoms with Gasteiger partial charge in [0.15, 0.2) is 23.0 Å². The van der Waals surface area contributed by atoms with Crippen molar-refractivity contribution >= 4 is 29.6 Å². The lowest BCUT2D eigenvalue weighted by Crippen LogP contribution is -2.69. The van der Waals surface area contributed by atoms with Gasteiger partial charge in [0.1, 0.15) is 24.6 Å². The van der Waals surface area contributed by atoms with Gasteiger partial charge in [-0.15, -0.1) is 11.8 Å². The number of likely N-dealkylation sites (N-methyl/N-ethyl adjacent to an activating group) is 1. The summed E-state index contributed by atoms with van der Waals surface area (Å²) in [6.07, 6.45) is -6.09. The Morgan fingerprint density at radius 2 is 1.82 bits per heavy atom. The van der Waals surface area contributed by atoms with Crippen LogP contribution in [0.4, 0.5) is 13.2 Å². The SMILES string of the molecule is COc1c(C)cc2c(c1O)[C@@H]1C3[C@@H]4SCC(NC(=O)C(F)(F)F)C(=O)OC[C@@H](c5c6c(c(C)c(OC(C)=O)c54)OCO6)N3[C@@H](O)[C@H](C2)N1C. The Morgan fingerprint density at radius 3 is 2.49 bits per heavy atom. The number of aryl methyl sites for hydroxylation is 1. The van der Waals surface area contributed by atoms with Gasteiger partial charge in [0.2, 0.25) is 6.79 Å². The van der Waals surface area contributed by atoms with Crippen LogP contribution in [-0.4, -0.2) is 102 Å². The number of rotatable bonds is 3. The van der Waals surface area contributed by atoms with Crippen LogP contribution < -0.4 is 24.3 Å². The lowest BCUT2D eigenvalue weighted by Gasteiger charge is -2.62. The first-order valence-electron chi connectivity index (χ1n) is 15.5. The molecule has 17 heteroatoms. The molecule has 3 N–H and O–H groups in total. The molecule has 49 heavy (non-hydrogen) atoms. The molecule has 264 valence electrons. The van der Waals surface area contributed by atoms with Crippen molar-refractivity contribution < 1.29 is 61.5 Å². The number of phenolic OH excluding ortho intramolecular Hbond substituents is 1. The number of carbonyl (C=O) groups is 3. The first-order chi connectivity index (χ1) is 23.1. The Bertz CT molecular complexity index is 1770. The number of alkyl halides is 3. The molecule has 1 amide bonds. The zero-order valence-corrected chi connectivity index (χ0v) is 27.9. The number of hydrogen-bond acceptors (Lipinski definition) is 13. The number of amides is 1. The number of cyclic esters (lactones) is 1. The summed E-state index contributed by atoms with van der Waals surface area (Å²) in [5.41, 5.74) is 3.32. The third-order valence-corrected chi connectivity index (χ3v) is 11.5. The van der Waals surface area contributed by atoms with E-state index in [1.54, 1.807) is 24.1 Å². The lowest BCUT2D eigenvalue weighted by atomic mass is 9.73. The second-order valence-corrected chi connectivity index (χ2v) is 13.9. The summed E-state index contributed by atoms with van der Waals surface area (Å²) in [4.78, 5) is 41.7. The van der Waals surface area contributed by atoms with Crippen molar-refractivity contribution in [3.8, 4) is 28.7 Å². The molecular weight excluding hydrogens is 675 g/mol. The predicted octanol–water partition coefficient (Wildman–Crippen LogP) is 2.70. The summed E-state index contributed by atoms with van der Waals surface area (Å²) in [5.74, 6) is -3.52. The summed E-state index contributed by atoms with van der Waals surface area (Å²) in [6, 6.07) is -2.73. The molecule has 4 bridgehead atoms. The average molecular weight is 710 g/mol. The Balaban J connectivity index is 1.49. The second kappa shape index (κ2) is 11.8. The van der Waals surface area contributed by atoms with E-state index >= 15 is 0 Å². The van der Waals surface area contributed by atoms with Gasteiger partial charge < -0.3 is 39.2 Å². The molecule has 0 saturated carbocycles. The van der Waals surface area contributed by atoms with Crippen molar-refractivity contribution in [1.82, 2.24) is 15.1 Å². The van der Waals surface area contributed by atoms with Crippen LogP contribution in [0.1, 0.15) is 57.6 Å². The topological polar surface area (TPSA) is 156 Å². The molecule has 0 radical (unpaired) electrons. The van der Waals surface area contributed by atoms with E-state index in [4.69, 9.17) is 23.7 Å². The fraction of sp³-hybridized carbons (Fsp3) is 0.531. The number of phenols is 1. The van der Waals surface area contributed by atoms with Crippen molar-refractivity contribution in [3.05, 3.63) is 39.4 Å². The Labute approximate surface area is 282 Å². The highest BCUT2D eigenvalue weighted by Crippen LogP contribution is 2.63. The van der Waals surface area contributed by atoms with Crippen LogP contribution in [0.3, 0.4) is 0 Å². The monoisotopic (exact) mass is 709 g/mol. The predicted molar refractivity (Wildman–Crippen MR) is 165 cm³/mol. The molecule has 5 heterocycles. The highest BCUT2D eigenvalue weighted by atomic mass is 32.2. The Morgan fingerprint density at radius 1 is 1.10 bits per heavy atom. The number of thioether (sulfide) groups is 1. The lowest BCUT2D eigenvalue weighted by molar-refractivity contribution is -0.186. The van der Waals surface area contributed by atoms with Crippen molar-refractivity contribution in [1.29, 1.82) is 0 Å². The first kappa shape index (κ1) is 33.6. The number of carbonyl (C=O) groups excluding carboxylic acids is 3. The number of benzene rings is 2. The number of methoxy groups -OCH3 is 1. The van der Waals surface area contributed by atoms with E-state index in [0.717, 1.165) is 17.3 Å². The van der Waals surface area contributed by atoms with Gasteiger partial charge in [-0.05, 0) is 38.4 Å². The maximum Gasteiger partial charge on any atom is 0.471 e. The minimum atomic E-state index is -5.26. The first-order valence-corrected chi connectivity index (χ1v) is 16.6. The number of halogens is 3. The maximum absolute atomic E-state index is 13.3. The van der Waals surface area contributed by atoms with Gasteiger partial charge in [-0.2, -0.15) is 13.2 Å². The third kappa shape index (κ3) is 5.07. The molecule has 0 spiro atoms. The molecule has 13 nitrogen and oxygen atoms in total. The zero-order chi connectivity index (χ0) is 35.3. The molecule has 2 unspecified atom stereocenters. The standard InChI is InChI=1S/C32H34F3N3O10S/c1-11-6-14-7-16-29(41)38-17-8-45-30(42)15(36-31(43)32(33,34)35)9-49-28(22(38)21(37(16)4)18(14)23(40)24(11)44-5)20-19(17)27-26(46-10-47-27)12(2)25(20)48-13(3)39/h6,15-17,21-22,28-29,40-41H,7-10H2,1-5H3,(H,36,43)/t15?,16-,17-,21+,22?,28+,29-/m0/s1. The largest absolute Gasteiger partial charge is 0.504 e. The van der Waals surface area contributed by atoms with E-state index in [-0.39, 0.29) is 24.0 Å². The van der Waals surface area contributed by atoms with Crippen LogP contribution in [-0.2, 0) is 25.5 Å². The van der Waals surface area contributed by atoms with Crippen molar-refractivity contribution in [3.63, 3.8) is 0 Å². The summed E-state index contributed by atoms with van der Waals surface area (Å²) >= 11 is 1.03. The molecule has 2 saturated heterocycles. The maximum atomic E-state index is 13.3. The van der Waals surface area contributed by atoms with Crippen LogP contribution in [0.2, 0.25) is 0 Å². The van der Waals surface area contributed by atoms with Crippen LogP contribution in [0.25, 0.3) is 0 Å². The minimum absolute atomic E-state index is 0.0915. The number of piperazine rings is 1. The van der Waals surface area contributed by atoms with Gasteiger partial charge in [0.05, 0.1) is 30.5 Å². The number of nitrogens with one attached hydrogen (secondary N) is 1. The van der Waals surface area contributed by atoms with E-state index < -0.39 is 78.1 Å². The summed E-state index contributed by atoms with van der Waals surface area (Å²) in [6.45, 7) is 4.06. The zero-order valence-electron chi connectivity index (χ0n) is 27.0. The number of aromatic hydroxyl groups is 1. The smallest absolute Gasteiger partial charge is 0.471 e. The van der Waals surface area contributed by atoms with E-state index in [1.807, 2.05) is 18.0 Å². The molecule has 2 aromatic rings.